The maximum atomic E-state index is 12.1. The highest BCUT2D eigenvalue weighted by atomic mass is 79.9. The third-order valence-electron chi connectivity index (χ3n) is 3.79. The molecule has 24 heavy (non-hydrogen) atoms. The monoisotopic (exact) mass is 381 g/mol. The Balaban J connectivity index is 1.59. The van der Waals surface area contributed by atoms with Crippen molar-refractivity contribution in [1.82, 2.24) is 4.98 Å². The van der Waals surface area contributed by atoms with Gasteiger partial charge in [0.25, 0.3) is 0 Å². The van der Waals surface area contributed by atoms with Crippen molar-refractivity contribution in [2.75, 3.05) is 0 Å². The van der Waals surface area contributed by atoms with Gasteiger partial charge in [-0.25, -0.2) is 4.98 Å². The highest BCUT2D eigenvalue weighted by Crippen LogP contribution is 2.39. The van der Waals surface area contributed by atoms with E-state index < -0.39 is 5.92 Å². The van der Waals surface area contributed by atoms with Crippen LogP contribution in [0.2, 0.25) is 0 Å². The average molecular weight is 382 g/mol. The van der Waals surface area contributed by atoms with Crippen molar-refractivity contribution < 1.29 is 13.9 Å². The molecular formula is C19H12BrNO3. The lowest BCUT2D eigenvalue weighted by Gasteiger charge is -2.01. The SMILES string of the molecule is O=C1Oc2ccccc2C1c1cnc(/C=C/c2ccc(Br)cc2)o1. The predicted molar refractivity (Wildman–Crippen MR) is 93.5 cm³/mol. The summed E-state index contributed by atoms with van der Waals surface area (Å²) in [7, 11) is 0. The van der Waals surface area contributed by atoms with Crippen molar-refractivity contribution in [2.24, 2.45) is 0 Å². The van der Waals surface area contributed by atoms with Crippen molar-refractivity contribution >= 4 is 34.1 Å². The van der Waals surface area contributed by atoms with Crippen LogP contribution in [-0.2, 0) is 4.79 Å². The van der Waals surface area contributed by atoms with Gasteiger partial charge in [-0.3, -0.25) is 4.79 Å². The lowest BCUT2D eigenvalue weighted by Crippen LogP contribution is -2.10. The van der Waals surface area contributed by atoms with E-state index in [0.29, 0.717) is 17.4 Å². The highest BCUT2D eigenvalue weighted by Gasteiger charge is 2.36. The first-order valence-electron chi connectivity index (χ1n) is 7.41. The smallest absolute Gasteiger partial charge is 0.326 e. The number of halogens is 1. The minimum absolute atomic E-state index is 0.337. The van der Waals surface area contributed by atoms with Crippen molar-refractivity contribution in [3.63, 3.8) is 0 Å². The van der Waals surface area contributed by atoms with E-state index in [1.807, 2.05) is 48.5 Å². The van der Waals surface area contributed by atoms with Crippen LogP contribution in [0.5, 0.6) is 5.75 Å². The summed E-state index contributed by atoms with van der Waals surface area (Å²) in [6.07, 6.45) is 5.26. The Morgan fingerprint density at radius 1 is 1.04 bits per heavy atom. The first-order chi connectivity index (χ1) is 11.7. The molecule has 1 unspecified atom stereocenters. The summed E-state index contributed by atoms with van der Waals surface area (Å²) >= 11 is 3.40. The molecule has 1 aliphatic heterocycles. The fourth-order valence-electron chi connectivity index (χ4n) is 2.63. The van der Waals surface area contributed by atoms with E-state index in [2.05, 4.69) is 20.9 Å². The molecule has 0 radical (unpaired) electrons. The number of nitrogens with zero attached hydrogens (tertiary/aromatic N) is 1. The first kappa shape index (κ1) is 14.9. The molecule has 0 saturated carbocycles. The van der Waals surface area contributed by atoms with Crippen LogP contribution in [0.1, 0.15) is 28.7 Å². The van der Waals surface area contributed by atoms with Crippen LogP contribution in [0.25, 0.3) is 12.2 Å². The fourth-order valence-corrected chi connectivity index (χ4v) is 2.89. The number of aromatic nitrogens is 1. The summed E-state index contributed by atoms with van der Waals surface area (Å²) < 4.78 is 12.0. The minimum Gasteiger partial charge on any atom is -0.441 e. The van der Waals surface area contributed by atoms with E-state index in [9.17, 15) is 4.79 Å². The van der Waals surface area contributed by atoms with Gasteiger partial charge in [0.1, 0.15) is 17.4 Å². The number of hydrogen-bond acceptors (Lipinski definition) is 4. The summed E-state index contributed by atoms with van der Waals surface area (Å²) in [4.78, 5) is 16.3. The van der Waals surface area contributed by atoms with Gasteiger partial charge in [-0.2, -0.15) is 0 Å². The molecule has 0 fully saturated rings. The minimum atomic E-state index is -0.552. The molecule has 1 atom stereocenters. The summed E-state index contributed by atoms with van der Waals surface area (Å²) in [6.45, 7) is 0. The number of benzene rings is 2. The van der Waals surface area contributed by atoms with Crippen LogP contribution in [0.4, 0.5) is 0 Å². The van der Waals surface area contributed by atoms with Crippen molar-refractivity contribution in [1.29, 1.82) is 0 Å². The highest BCUT2D eigenvalue weighted by molar-refractivity contribution is 9.10. The maximum Gasteiger partial charge on any atom is 0.326 e. The van der Waals surface area contributed by atoms with Crippen molar-refractivity contribution in [3.05, 3.63) is 82.0 Å². The molecule has 118 valence electrons. The second-order valence-corrected chi connectivity index (χ2v) is 6.29. The quantitative estimate of drug-likeness (QED) is 0.489. The number of esters is 1. The van der Waals surface area contributed by atoms with Gasteiger partial charge in [0.2, 0.25) is 5.89 Å². The van der Waals surface area contributed by atoms with E-state index in [1.165, 1.54) is 0 Å². The van der Waals surface area contributed by atoms with Crippen LogP contribution >= 0.6 is 15.9 Å². The topological polar surface area (TPSA) is 52.3 Å². The average Bonchev–Trinajstić information content (AvgIpc) is 3.17. The normalized spacial score (nSPS) is 16.4. The van der Waals surface area contributed by atoms with Crippen molar-refractivity contribution in [2.45, 2.75) is 5.92 Å². The number of para-hydroxylation sites is 1. The zero-order chi connectivity index (χ0) is 16.5. The second-order valence-electron chi connectivity index (χ2n) is 5.38. The van der Waals surface area contributed by atoms with Gasteiger partial charge < -0.3 is 9.15 Å². The number of oxazole rings is 1. The first-order valence-corrected chi connectivity index (χ1v) is 8.20. The Kier molecular flexibility index (Phi) is 3.78. The standard InChI is InChI=1S/C19H12BrNO3/c20-13-8-5-12(6-9-13)7-10-17-21-11-16(23-17)18-14-3-1-2-4-15(14)24-19(18)22/h1-11,18H/b10-7+. The summed E-state index contributed by atoms with van der Waals surface area (Å²) in [5, 5.41) is 0. The van der Waals surface area contributed by atoms with E-state index in [4.69, 9.17) is 9.15 Å². The molecule has 4 rings (SSSR count). The Hall–Kier alpha value is -2.66. The van der Waals surface area contributed by atoms with Gasteiger partial charge in [-0.1, -0.05) is 46.3 Å². The van der Waals surface area contributed by atoms with Crippen molar-refractivity contribution in [3.8, 4) is 5.75 Å². The molecule has 0 N–H and O–H groups in total. The van der Waals surface area contributed by atoms with Crippen LogP contribution < -0.4 is 4.74 Å². The van der Waals surface area contributed by atoms with E-state index in [1.54, 1.807) is 18.3 Å². The Morgan fingerprint density at radius 2 is 1.83 bits per heavy atom. The molecule has 0 aliphatic carbocycles. The third-order valence-corrected chi connectivity index (χ3v) is 4.32. The summed E-state index contributed by atoms with van der Waals surface area (Å²) in [6, 6.07) is 15.2. The molecule has 0 saturated heterocycles. The summed E-state index contributed by atoms with van der Waals surface area (Å²) in [5.41, 5.74) is 1.84. The second kappa shape index (κ2) is 6.09. The number of hydrogen-bond donors (Lipinski definition) is 0. The fraction of sp³-hybridized carbons (Fsp3) is 0.0526. The number of carbonyl (C=O) groups is 1. The van der Waals surface area contributed by atoms with Gasteiger partial charge in [0.15, 0.2) is 0 Å². The molecular weight excluding hydrogens is 370 g/mol. The molecule has 1 aromatic heterocycles. The van der Waals surface area contributed by atoms with Gasteiger partial charge in [0.05, 0.1) is 6.20 Å². The number of carbonyl (C=O) groups excluding carboxylic acids is 1. The summed E-state index contributed by atoms with van der Waals surface area (Å²) in [5.74, 6) is 0.626. The van der Waals surface area contributed by atoms with Crippen LogP contribution in [-0.4, -0.2) is 11.0 Å². The van der Waals surface area contributed by atoms with Gasteiger partial charge in [-0.15, -0.1) is 0 Å². The number of rotatable bonds is 3. The molecule has 3 aromatic rings. The lowest BCUT2D eigenvalue weighted by molar-refractivity contribution is -0.133. The molecule has 0 bridgehead atoms. The molecule has 0 amide bonds. The largest absolute Gasteiger partial charge is 0.441 e. The lowest BCUT2D eigenvalue weighted by atomic mass is 9.99. The number of fused-ring (bicyclic) bond motifs is 1. The molecule has 2 heterocycles. The van der Waals surface area contributed by atoms with Gasteiger partial charge in [0, 0.05) is 16.1 Å². The Morgan fingerprint density at radius 3 is 2.67 bits per heavy atom. The zero-order valence-corrected chi connectivity index (χ0v) is 14.1. The molecule has 4 nitrogen and oxygen atoms in total. The predicted octanol–water partition coefficient (Wildman–Crippen LogP) is 4.66. The van der Waals surface area contributed by atoms with Crippen LogP contribution in [0.15, 0.2) is 63.6 Å². The zero-order valence-electron chi connectivity index (χ0n) is 12.5. The molecule has 2 aromatic carbocycles. The van der Waals surface area contributed by atoms with Crippen LogP contribution in [0, 0.1) is 0 Å². The molecule has 1 aliphatic rings. The van der Waals surface area contributed by atoms with Crippen LogP contribution in [0.3, 0.4) is 0 Å². The number of ether oxygens (including phenoxy) is 1. The Bertz CT molecular complexity index is 928. The maximum absolute atomic E-state index is 12.1. The van der Waals surface area contributed by atoms with E-state index in [0.717, 1.165) is 15.6 Å². The third kappa shape index (κ3) is 2.78. The van der Waals surface area contributed by atoms with Gasteiger partial charge >= 0.3 is 5.97 Å². The van der Waals surface area contributed by atoms with Gasteiger partial charge in [-0.05, 0) is 29.8 Å². The van der Waals surface area contributed by atoms with E-state index >= 15 is 0 Å². The van der Waals surface area contributed by atoms with E-state index in [-0.39, 0.29) is 5.97 Å². The molecule has 5 heteroatoms. The Labute approximate surface area is 146 Å². The molecule has 0 spiro atoms.